The molecule has 2 heterocycles. The lowest BCUT2D eigenvalue weighted by atomic mass is 10.1. The van der Waals surface area contributed by atoms with E-state index in [4.69, 9.17) is 11.6 Å². The lowest BCUT2D eigenvalue weighted by Gasteiger charge is -2.25. The maximum atomic E-state index is 11.6. The molecule has 0 aromatic carbocycles. The average molecular weight is 227 g/mol. The highest BCUT2D eigenvalue weighted by atomic mass is 35.5. The predicted octanol–water partition coefficient (Wildman–Crippen LogP) is 1.58. The van der Waals surface area contributed by atoms with Gasteiger partial charge in [-0.2, -0.15) is 4.98 Å². The maximum Gasteiger partial charge on any atom is 0.247 e. The molecule has 1 aliphatic heterocycles. The van der Waals surface area contributed by atoms with Gasteiger partial charge in [0.2, 0.25) is 11.2 Å². The van der Waals surface area contributed by atoms with Crippen LogP contribution < -0.4 is 10.6 Å². The average Bonchev–Trinajstić information content (AvgIpc) is 2.18. The summed E-state index contributed by atoms with van der Waals surface area (Å²) in [6.07, 6.45) is 0.700. The molecule has 80 valence electrons. The van der Waals surface area contributed by atoms with Crippen LogP contribution in [0.1, 0.15) is 19.0 Å². The maximum absolute atomic E-state index is 11.6. The lowest BCUT2D eigenvalue weighted by Crippen LogP contribution is -2.39. The topological polar surface area (TPSA) is 66.9 Å². The zero-order chi connectivity index (χ0) is 11.0. The summed E-state index contributed by atoms with van der Waals surface area (Å²) in [5, 5.41) is 5.99. The third kappa shape index (κ3) is 1.74. The van der Waals surface area contributed by atoms with Crippen molar-refractivity contribution in [2.45, 2.75) is 26.3 Å². The van der Waals surface area contributed by atoms with E-state index in [1.165, 1.54) is 0 Å². The molecular weight excluding hydrogens is 216 g/mol. The number of amides is 1. The van der Waals surface area contributed by atoms with E-state index in [9.17, 15) is 4.79 Å². The number of hydrogen-bond donors (Lipinski definition) is 2. The van der Waals surface area contributed by atoms with Crippen molar-refractivity contribution < 1.29 is 4.79 Å². The van der Waals surface area contributed by atoms with Crippen molar-refractivity contribution in [3.8, 4) is 0 Å². The number of carbonyl (C=O) groups is 1. The standard InChI is InChI=1S/C9H11ClN4O/c1-3-5-8(15)13-6-4(2)11-9(10)14-7(6)12-5/h5H,3H2,1-2H3,(H,13,15)(H,11,12,14). The lowest BCUT2D eigenvalue weighted by molar-refractivity contribution is -0.117. The van der Waals surface area contributed by atoms with Gasteiger partial charge >= 0.3 is 0 Å². The van der Waals surface area contributed by atoms with E-state index < -0.39 is 0 Å². The number of fused-ring (bicyclic) bond motifs is 1. The number of aryl methyl sites for hydroxylation is 1. The molecule has 0 spiro atoms. The van der Waals surface area contributed by atoms with E-state index in [0.29, 0.717) is 23.6 Å². The fourth-order valence-electron chi connectivity index (χ4n) is 1.52. The molecule has 0 radical (unpaired) electrons. The Morgan fingerprint density at radius 3 is 2.87 bits per heavy atom. The van der Waals surface area contributed by atoms with Crippen molar-refractivity contribution in [1.82, 2.24) is 9.97 Å². The first-order chi connectivity index (χ1) is 7.11. The molecule has 15 heavy (non-hydrogen) atoms. The Bertz CT molecular complexity index is 421. The van der Waals surface area contributed by atoms with Crippen LogP contribution in [0.3, 0.4) is 0 Å². The molecular formula is C9H11ClN4O. The van der Waals surface area contributed by atoms with Crippen LogP contribution in [0.2, 0.25) is 5.28 Å². The molecule has 1 aromatic heterocycles. The van der Waals surface area contributed by atoms with Gasteiger partial charge in [-0.1, -0.05) is 6.92 Å². The van der Waals surface area contributed by atoms with Crippen LogP contribution in [-0.4, -0.2) is 21.9 Å². The normalized spacial score (nSPS) is 19.1. The highest BCUT2D eigenvalue weighted by Gasteiger charge is 2.26. The minimum absolute atomic E-state index is 0.0565. The molecule has 1 aliphatic rings. The predicted molar refractivity (Wildman–Crippen MR) is 58.1 cm³/mol. The number of anilines is 2. The second-order valence-electron chi connectivity index (χ2n) is 3.40. The highest BCUT2D eigenvalue weighted by Crippen LogP contribution is 2.28. The molecule has 0 aliphatic carbocycles. The van der Waals surface area contributed by atoms with Gasteiger partial charge in [-0.25, -0.2) is 4.98 Å². The summed E-state index contributed by atoms with van der Waals surface area (Å²) in [6.45, 7) is 3.71. The van der Waals surface area contributed by atoms with Crippen molar-refractivity contribution in [3.05, 3.63) is 11.0 Å². The molecule has 0 saturated heterocycles. The second kappa shape index (κ2) is 3.66. The van der Waals surface area contributed by atoms with Crippen LogP contribution >= 0.6 is 11.6 Å². The number of carbonyl (C=O) groups excluding carboxylic acids is 1. The van der Waals surface area contributed by atoms with E-state index >= 15 is 0 Å². The van der Waals surface area contributed by atoms with E-state index in [2.05, 4.69) is 20.6 Å². The van der Waals surface area contributed by atoms with Gasteiger partial charge in [-0.05, 0) is 24.9 Å². The van der Waals surface area contributed by atoms with Crippen molar-refractivity contribution in [3.63, 3.8) is 0 Å². The quantitative estimate of drug-likeness (QED) is 0.714. The summed E-state index contributed by atoms with van der Waals surface area (Å²) >= 11 is 5.73. The summed E-state index contributed by atoms with van der Waals surface area (Å²) in [5.74, 6) is 0.540. The Labute approximate surface area is 92.3 Å². The second-order valence-corrected chi connectivity index (χ2v) is 3.73. The van der Waals surface area contributed by atoms with Gasteiger partial charge in [0.1, 0.15) is 11.7 Å². The van der Waals surface area contributed by atoms with Crippen LogP contribution in [0.4, 0.5) is 11.5 Å². The first-order valence-electron chi connectivity index (χ1n) is 4.73. The van der Waals surface area contributed by atoms with Gasteiger partial charge in [0.15, 0.2) is 5.82 Å². The third-order valence-electron chi connectivity index (χ3n) is 2.35. The van der Waals surface area contributed by atoms with E-state index in [1.807, 2.05) is 6.92 Å². The molecule has 1 unspecified atom stereocenters. The number of hydrogen-bond acceptors (Lipinski definition) is 4. The minimum Gasteiger partial charge on any atom is -0.356 e. The molecule has 2 N–H and O–H groups in total. The van der Waals surface area contributed by atoms with Crippen LogP contribution in [-0.2, 0) is 4.79 Å². The van der Waals surface area contributed by atoms with E-state index in [-0.39, 0.29) is 17.2 Å². The first kappa shape index (κ1) is 10.2. The Morgan fingerprint density at radius 1 is 1.47 bits per heavy atom. The Morgan fingerprint density at radius 2 is 2.20 bits per heavy atom. The summed E-state index contributed by atoms with van der Waals surface area (Å²) in [5.41, 5.74) is 1.29. The minimum atomic E-state index is -0.247. The Balaban J connectivity index is 2.45. The highest BCUT2D eigenvalue weighted by molar-refractivity contribution is 6.28. The Hall–Kier alpha value is -1.36. The SMILES string of the molecule is CCC1Nc2nc(Cl)nc(C)c2NC1=O. The summed E-state index contributed by atoms with van der Waals surface area (Å²) in [7, 11) is 0. The van der Waals surface area contributed by atoms with Crippen molar-refractivity contribution in [2.75, 3.05) is 10.6 Å². The Kier molecular flexibility index (Phi) is 2.48. The number of nitrogens with zero attached hydrogens (tertiary/aromatic N) is 2. The number of rotatable bonds is 1. The van der Waals surface area contributed by atoms with Gasteiger partial charge in [0, 0.05) is 0 Å². The van der Waals surface area contributed by atoms with Crippen LogP contribution in [0.25, 0.3) is 0 Å². The van der Waals surface area contributed by atoms with E-state index in [1.54, 1.807) is 6.92 Å². The molecule has 1 aromatic rings. The molecule has 0 bridgehead atoms. The zero-order valence-electron chi connectivity index (χ0n) is 8.47. The van der Waals surface area contributed by atoms with Crippen LogP contribution in [0.5, 0.6) is 0 Å². The number of aromatic nitrogens is 2. The van der Waals surface area contributed by atoms with Gasteiger partial charge < -0.3 is 10.6 Å². The molecule has 0 saturated carbocycles. The molecule has 1 amide bonds. The van der Waals surface area contributed by atoms with Gasteiger partial charge in [-0.3, -0.25) is 4.79 Å². The molecule has 6 heteroatoms. The monoisotopic (exact) mass is 226 g/mol. The van der Waals surface area contributed by atoms with Crippen molar-refractivity contribution >= 4 is 29.0 Å². The van der Waals surface area contributed by atoms with E-state index in [0.717, 1.165) is 0 Å². The van der Waals surface area contributed by atoms with Gasteiger partial charge in [-0.15, -0.1) is 0 Å². The largest absolute Gasteiger partial charge is 0.356 e. The van der Waals surface area contributed by atoms with Crippen LogP contribution in [0.15, 0.2) is 0 Å². The van der Waals surface area contributed by atoms with Crippen LogP contribution in [0, 0.1) is 6.92 Å². The smallest absolute Gasteiger partial charge is 0.247 e. The summed E-state index contributed by atoms with van der Waals surface area (Å²) in [4.78, 5) is 19.6. The molecule has 2 rings (SSSR count). The summed E-state index contributed by atoms with van der Waals surface area (Å²) < 4.78 is 0. The molecule has 5 nitrogen and oxygen atoms in total. The zero-order valence-corrected chi connectivity index (χ0v) is 9.22. The fraction of sp³-hybridized carbons (Fsp3) is 0.444. The van der Waals surface area contributed by atoms with Gasteiger partial charge in [0.25, 0.3) is 0 Å². The first-order valence-corrected chi connectivity index (χ1v) is 5.11. The van der Waals surface area contributed by atoms with Gasteiger partial charge in [0.05, 0.1) is 5.69 Å². The van der Waals surface area contributed by atoms with Crippen molar-refractivity contribution in [1.29, 1.82) is 0 Å². The number of nitrogens with one attached hydrogen (secondary N) is 2. The summed E-state index contributed by atoms with van der Waals surface area (Å²) in [6, 6.07) is -0.247. The number of halogens is 1. The molecule has 0 fully saturated rings. The fourth-order valence-corrected chi connectivity index (χ4v) is 1.73. The van der Waals surface area contributed by atoms with Crippen molar-refractivity contribution in [2.24, 2.45) is 0 Å². The third-order valence-corrected chi connectivity index (χ3v) is 2.52. The molecule has 1 atom stereocenters.